The predicted octanol–water partition coefficient (Wildman–Crippen LogP) is 5.87. The first-order chi connectivity index (χ1) is 17.1. The van der Waals surface area contributed by atoms with Gasteiger partial charge in [-0.3, -0.25) is 9.10 Å². The van der Waals surface area contributed by atoms with Crippen LogP contribution in [0.15, 0.2) is 48.5 Å². The van der Waals surface area contributed by atoms with Crippen LogP contribution in [-0.2, 0) is 21.2 Å². The molecule has 194 valence electrons. The fourth-order valence-corrected chi connectivity index (χ4v) is 6.79. The lowest BCUT2D eigenvalue weighted by Crippen LogP contribution is -2.43. The molecule has 4 rings (SSSR count). The van der Waals surface area contributed by atoms with Gasteiger partial charge in [-0.2, -0.15) is 0 Å². The van der Waals surface area contributed by atoms with Gasteiger partial charge in [-0.05, 0) is 59.9 Å². The van der Waals surface area contributed by atoms with Crippen molar-refractivity contribution in [1.82, 2.24) is 0 Å². The van der Waals surface area contributed by atoms with Gasteiger partial charge in [0.05, 0.1) is 23.9 Å². The number of rotatable bonds is 9. The topological polar surface area (TPSA) is 83.9 Å². The smallest absolute Gasteiger partial charge is 0.311 e. The van der Waals surface area contributed by atoms with Gasteiger partial charge in [0, 0.05) is 0 Å². The standard InChI is InChI=1S/C29H37NO5S/c1-20(2)17-24-18-23(28(29(31)32)22-10-5-4-6-11-22)14-16-27(24)35-19-25-15-13-21-9-7-8-12-26(21)30(25)36(3,33)34/h7-9,12-16,18,20,22,25,28H,4-6,10-11,17,19H2,1-3H3,(H,31,32). The molecule has 1 aliphatic carbocycles. The van der Waals surface area contributed by atoms with Crippen LogP contribution in [0.4, 0.5) is 5.69 Å². The largest absolute Gasteiger partial charge is 0.491 e. The molecule has 0 bridgehead atoms. The molecular formula is C29H37NO5S. The van der Waals surface area contributed by atoms with Crippen LogP contribution in [0.3, 0.4) is 0 Å². The third-order valence-electron chi connectivity index (χ3n) is 7.20. The Morgan fingerprint density at radius 3 is 2.50 bits per heavy atom. The SMILES string of the molecule is CC(C)Cc1cc(C(C(=O)O)C2CCCCC2)ccc1OCC1C=Cc2ccccc2N1S(C)(=O)=O. The molecule has 2 aromatic carbocycles. The van der Waals surface area contributed by atoms with E-state index in [1.54, 1.807) is 0 Å². The number of nitrogens with zero attached hydrogens (tertiary/aromatic N) is 1. The maximum atomic E-state index is 12.7. The molecule has 1 heterocycles. The quantitative estimate of drug-likeness (QED) is 0.455. The van der Waals surface area contributed by atoms with Crippen molar-refractivity contribution in [2.45, 2.75) is 64.3 Å². The Labute approximate surface area is 215 Å². The zero-order valence-electron chi connectivity index (χ0n) is 21.4. The monoisotopic (exact) mass is 511 g/mol. The van der Waals surface area contributed by atoms with Crippen LogP contribution in [0, 0.1) is 11.8 Å². The first kappa shape index (κ1) is 26.3. The molecule has 7 heteroatoms. The molecule has 36 heavy (non-hydrogen) atoms. The molecular weight excluding hydrogens is 474 g/mol. The van der Waals surface area contributed by atoms with E-state index in [1.807, 2.05) is 54.6 Å². The molecule has 6 nitrogen and oxygen atoms in total. The minimum atomic E-state index is -3.53. The summed E-state index contributed by atoms with van der Waals surface area (Å²) < 4.78 is 33.1. The summed E-state index contributed by atoms with van der Waals surface area (Å²) in [5.41, 5.74) is 3.30. The highest BCUT2D eigenvalue weighted by Gasteiger charge is 2.32. The summed E-state index contributed by atoms with van der Waals surface area (Å²) in [5.74, 6) is -0.0780. The van der Waals surface area contributed by atoms with Crippen molar-refractivity contribution in [1.29, 1.82) is 0 Å². The van der Waals surface area contributed by atoms with Crippen molar-refractivity contribution in [3.63, 3.8) is 0 Å². The van der Waals surface area contributed by atoms with Crippen LogP contribution in [0.1, 0.15) is 68.6 Å². The van der Waals surface area contributed by atoms with Gasteiger partial charge in [0.15, 0.2) is 0 Å². The number of ether oxygens (including phenoxy) is 1. The van der Waals surface area contributed by atoms with Crippen molar-refractivity contribution in [3.8, 4) is 5.75 Å². The van der Waals surface area contributed by atoms with E-state index in [9.17, 15) is 18.3 Å². The lowest BCUT2D eigenvalue weighted by atomic mass is 9.76. The average Bonchev–Trinajstić information content (AvgIpc) is 2.82. The minimum Gasteiger partial charge on any atom is -0.491 e. The van der Waals surface area contributed by atoms with Gasteiger partial charge in [-0.15, -0.1) is 0 Å². The van der Waals surface area contributed by atoms with E-state index in [4.69, 9.17) is 4.74 Å². The molecule has 1 N–H and O–H groups in total. The maximum absolute atomic E-state index is 12.7. The summed E-state index contributed by atoms with van der Waals surface area (Å²) in [5, 5.41) is 10.1. The van der Waals surface area contributed by atoms with Crippen LogP contribution in [-0.4, -0.2) is 38.4 Å². The first-order valence-corrected chi connectivity index (χ1v) is 14.7. The molecule has 1 saturated carbocycles. The van der Waals surface area contributed by atoms with Crippen LogP contribution >= 0.6 is 0 Å². The second kappa shape index (κ2) is 11.1. The normalized spacial score (nSPS) is 19.2. The zero-order chi connectivity index (χ0) is 25.9. The van der Waals surface area contributed by atoms with Crippen molar-refractivity contribution >= 4 is 27.8 Å². The Kier molecular flexibility index (Phi) is 8.08. The molecule has 0 radical (unpaired) electrons. The molecule has 1 aliphatic heterocycles. The highest BCUT2D eigenvalue weighted by Crippen LogP contribution is 2.38. The van der Waals surface area contributed by atoms with Gasteiger partial charge in [0.1, 0.15) is 12.4 Å². The summed E-state index contributed by atoms with van der Waals surface area (Å²) >= 11 is 0. The number of para-hydroxylation sites is 1. The summed E-state index contributed by atoms with van der Waals surface area (Å²) in [6, 6.07) is 12.7. The Hall–Kier alpha value is -2.80. The lowest BCUT2D eigenvalue weighted by molar-refractivity contribution is -0.140. The molecule has 1 fully saturated rings. The van der Waals surface area contributed by atoms with Crippen LogP contribution in [0.2, 0.25) is 0 Å². The highest BCUT2D eigenvalue weighted by atomic mass is 32.2. The minimum absolute atomic E-state index is 0.158. The third-order valence-corrected chi connectivity index (χ3v) is 8.38. The Balaban J connectivity index is 1.60. The third kappa shape index (κ3) is 5.94. The summed E-state index contributed by atoms with van der Waals surface area (Å²) in [6.45, 7) is 4.41. The van der Waals surface area contributed by atoms with E-state index >= 15 is 0 Å². The molecule has 0 spiro atoms. The average molecular weight is 512 g/mol. The molecule has 2 atom stereocenters. The summed E-state index contributed by atoms with van der Waals surface area (Å²) in [7, 11) is -3.53. The van der Waals surface area contributed by atoms with E-state index < -0.39 is 28.0 Å². The number of hydrogen-bond donors (Lipinski definition) is 1. The second-order valence-electron chi connectivity index (χ2n) is 10.5. The molecule has 2 unspecified atom stereocenters. The van der Waals surface area contributed by atoms with E-state index in [0.717, 1.165) is 48.8 Å². The fourth-order valence-electron chi connectivity index (χ4n) is 5.64. The first-order valence-electron chi connectivity index (χ1n) is 12.9. The van der Waals surface area contributed by atoms with Gasteiger partial charge in [0.2, 0.25) is 10.0 Å². The van der Waals surface area contributed by atoms with Crippen LogP contribution in [0.5, 0.6) is 5.75 Å². The number of anilines is 1. The molecule has 0 aromatic heterocycles. The second-order valence-corrected chi connectivity index (χ2v) is 12.4. The van der Waals surface area contributed by atoms with Crippen molar-refractivity contribution in [2.75, 3.05) is 17.2 Å². The van der Waals surface area contributed by atoms with Gasteiger partial charge in [-0.1, -0.05) is 75.6 Å². The van der Waals surface area contributed by atoms with Crippen molar-refractivity contribution in [3.05, 3.63) is 65.2 Å². The Bertz CT molecular complexity index is 1210. The maximum Gasteiger partial charge on any atom is 0.311 e. The number of sulfonamides is 1. The Morgan fingerprint density at radius 1 is 1.11 bits per heavy atom. The predicted molar refractivity (Wildman–Crippen MR) is 144 cm³/mol. The molecule has 2 aliphatic rings. The van der Waals surface area contributed by atoms with Crippen molar-refractivity contribution in [2.24, 2.45) is 11.8 Å². The summed E-state index contributed by atoms with van der Waals surface area (Å²) in [6.07, 6.45) is 11.0. The van der Waals surface area contributed by atoms with Gasteiger partial charge < -0.3 is 9.84 Å². The van der Waals surface area contributed by atoms with Crippen LogP contribution in [0.25, 0.3) is 6.08 Å². The number of aliphatic carboxylic acids is 1. The number of carboxylic acid groups (broad SMARTS) is 1. The highest BCUT2D eigenvalue weighted by molar-refractivity contribution is 7.92. The van der Waals surface area contributed by atoms with Crippen LogP contribution < -0.4 is 9.04 Å². The van der Waals surface area contributed by atoms with Gasteiger partial charge in [-0.25, -0.2) is 8.42 Å². The molecule has 0 saturated heterocycles. The lowest BCUT2D eigenvalue weighted by Gasteiger charge is -2.33. The number of fused-ring (bicyclic) bond motifs is 1. The summed E-state index contributed by atoms with van der Waals surface area (Å²) in [4.78, 5) is 12.3. The molecule has 2 aromatic rings. The van der Waals surface area contributed by atoms with E-state index in [1.165, 1.54) is 17.0 Å². The number of carboxylic acids is 1. The number of carbonyl (C=O) groups is 1. The Morgan fingerprint density at radius 2 is 1.83 bits per heavy atom. The van der Waals surface area contributed by atoms with E-state index in [2.05, 4.69) is 13.8 Å². The zero-order valence-corrected chi connectivity index (χ0v) is 22.2. The van der Waals surface area contributed by atoms with E-state index in [-0.39, 0.29) is 12.5 Å². The number of benzene rings is 2. The van der Waals surface area contributed by atoms with Crippen molar-refractivity contribution < 1.29 is 23.1 Å². The molecule has 0 amide bonds. The fraction of sp³-hybridized carbons (Fsp3) is 0.483. The van der Waals surface area contributed by atoms with E-state index in [0.29, 0.717) is 17.4 Å². The van der Waals surface area contributed by atoms with Gasteiger partial charge >= 0.3 is 5.97 Å². The number of hydrogen-bond acceptors (Lipinski definition) is 4. The van der Waals surface area contributed by atoms with Gasteiger partial charge in [0.25, 0.3) is 0 Å².